The van der Waals surface area contributed by atoms with Gasteiger partial charge in [0.25, 0.3) is 0 Å². The highest BCUT2D eigenvalue weighted by atomic mass is 35.5. The van der Waals surface area contributed by atoms with E-state index in [1.807, 2.05) is 12.1 Å². The van der Waals surface area contributed by atoms with Crippen LogP contribution in [0.25, 0.3) is 0 Å². The van der Waals surface area contributed by atoms with Gasteiger partial charge in [-0.1, -0.05) is 35.0 Å². The Kier molecular flexibility index (Phi) is 4.21. The van der Waals surface area contributed by atoms with Gasteiger partial charge in [-0.05, 0) is 36.6 Å². The van der Waals surface area contributed by atoms with Crippen LogP contribution < -0.4 is 5.73 Å². The first kappa shape index (κ1) is 14.2. The number of benzene rings is 1. The fraction of sp³-hybridized carbons (Fsp3) is 0.385. The summed E-state index contributed by atoms with van der Waals surface area (Å²) in [6.45, 7) is 0.419. The number of aromatic nitrogens is 3. The third kappa shape index (κ3) is 2.96. The van der Waals surface area contributed by atoms with Gasteiger partial charge in [0.1, 0.15) is 5.82 Å². The summed E-state index contributed by atoms with van der Waals surface area (Å²) in [5.41, 5.74) is 6.71. The summed E-state index contributed by atoms with van der Waals surface area (Å²) in [5, 5.41) is 10.7. The number of nitrogens with two attached hydrogens (primary N) is 1. The fourth-order valence-corrected chi connectivity index (χ4v) is 3.51. The molecule has 1 aliphatic rings. The molecule has 0 atom stereocenters. The quantitative estimate of drug-likeness (QED) is 0.851. The second-order valence-corrected chi connectivity index (χ2v) is 6.51. The highest BCUT2D eigenvalue weighted by molar-refractivity contribution is 7.98. The van der Waals surface area contributed by atoms with Gasteiger partial charge in [-0.3, -0.25) is 0 Å². The van der Waals surface area contributed by atoms with Gasteiger partial charge in [-0.25, -0.2) is 0 Å². The van der Waals surface area contributed by atoms with E-state index < -0.39 is 0 Å². The Morgan fingerprint density at radius 2 is 2.10 bits per heavy atom. The molecule has 7 heteroatoms. The lowest BCUT2D eigenvalue weighted by atomic mass is 10.2. The van der Waals surface area contributed by atoms with Crippen LogP contribution in [0, 0.1) is 0 Å². The molecule has 0 amide bonds. The minimum absolute atomic E-state index is 0.419. The third-order valence-electron chi connectivity index (χ3n) is 3.19. The highest BCUT2D eigenvalue weighted by Gasteiger charge is 2.29. The smallest absolute Gasteiger partial charge is 0.191 e. The van der Waals surface area contributed by atoms with E-state index in [-0.39, 0.29) is 0 Å². The van der Waals surface area contributed by atoms with Crippen LogP contribution in [-0.4, -0.2) is 14.8 Å². The first-order valence-electron chi connectivity index (χ1n) is 6.39. The molecular formula is C13H14Cl2N4S. The molecule has 0 bridgehead atoms. The normalized spacial score (nSPS) is 14.8. The Hall–Kier alpha value is -0.750. The Bertz CT molecular complexity index is 625. The van der Waals surface area contributed by atoms with Gasteiger partial charge in [0.2, 0.25) is 0 Å². The van der Waals surface area contributed by atoms with Crippen LogP contribution in [0.15, 0.2) is 23.4 Å². The molecule has 1 aromatic carbocycles. The molecule has 2 aromatic rings. The second-order valence-electron chi connectivity index (χ2n) is 4.73. The van der Waals surface area contributed by atoms with Crippen LogP contribution in [0.1, 0.15) is 30.3 Å². The van der Waals surface area contributed by atoms with Crippen molar-refractivity contribution in [2.75, 3.05) is 0 Å². The van der Waals surface area contributed by atoms with E-state index in [2.05, 4.69) is 14.8 Å². The van der Waals surface area contributed by atoms with Gasteiger partial charge in [-0.15, -0.1) is 10.2 Å². The van der Waals surface area contributed by atoms with Gasteiger partial charge in [0.05, 0.1) is 6.54 Å². The lowest BCUT2D eigenvalue weighted by Crippen LogP contribution is -2.08. The van der Waals surface area contributed by atoms with Crippen molar-refractivity contribution < 1.29 is 0 Å². The van der Waals surface area contributed by atoms with E-state index in [4.69, 9.17) is 28.9 Å². The van der Waals surface area contributed by atoms with Crippen molar-refractivity contribution in [1.29, 1.82) is 0 Å². The van der Waals surface area contributed by atoms with Crippen molar-refractivity contribution in [2.24, 2.45) is 5.73 Å². The lowest BCUT2D eigenvalue weighted by molar-refractivity contribution is 0.626. The van der Waals surface area contributed by atoms with Crippen LogP contribution in [0.3, 0.4) is 0 Å². The van der Waals surface area contributed by atoms with E-state index in [0.29, 0.717) is 17.6 Å². The summed E-state index contributed by atoms with van der Waals surface area (Å²) < 4.78 is 2.16. The summed E-state index contributed by atoms with van der Waals surface area (Å²) in [7, 11) is 0. The Labute approximate surface area is 131 Å². The molecule has 0 aliphatic heterocycles. The summed E-state index contributed by atoms with van der Waals surface area (Å²) in [5.74, 6) is 1.57. The zero-order valence-electron chi connectivity index (χ0n) is 10.7. The van der Waals surface area contributed by atoms with Crippen molar-refractivity contribution >= 4 is 35.0 Å². The molecule has 1 heterocycles. The monoisotopic (exact) mass is 328 g/mol. The van der Waals surface area contributed by atoms with Gasteiger partial charge < -0.3 is 10.3 Å². The third-order valence-corrected chi connectivity index (χ3v) is 4.79. The lowest BCUT2D eigenvalue weighted by Gasteiger charge is -2.08. The summed E-state index contributed by atoms with van der Waals surface area (Å²) in [4.78, 5) is 0. The SMILES string of the molecule is NCc1nnc(SCc2cc(Cl)ccc2Cl)n1C1CC1. The van der Waals surface area contributed by atoms with Gasteiger partial charge in [0.15, 0.2) is 5.16 Å². The van der Waals surface area contributed by atoms with Crippen LogP contribution in [-0.2, 0) is 12.3 Å². The van der Waals surface area contributed by atoms with Crippen LogP contribution in [0.5, 0.6) is 0 Å². The van der Waals surface area contributed by atoms with Gasteiger partial charge >= 0.3 is 0 Å². The Morgan fingerprint density at radius 1 is 1.30 bits per heavy atom. The Morgan fingerprint density at radius 3 is 2.80 bits per heavy atom. The maximum absolute atomic E-state index is 6.17. The summed E-state index contributed by atoms with van der Waals surface area (Å²) >= 11 is 13.8. The average molecular weight is 329 g/mol. The van der Waals surface area contributed by atoms with Crippen molar-refractivity contribution in [1.82, 2.24) is 14.8 Å². The van der Waals surface area contributed by atoms with Crippen molar-refractivity contribution in [2.45, 2.75) is 36.3 Å². The van der Waals surface area contributed by atoms with Gasteiger partial charge in [0, 0.05) is 21.8 Å². The molecule has 0 saturated heterocycles. The Balaban J connectivity index is 1.78. The first-order valence-corrected chi connectivity index (χ1v) is 8.13. The van der Waals surface area contributed by atoms with E-state index in [9.17, 15) is 0 Å². The fourth-order valence-electron chi connectivity index (χ4n) is 2.04. The number of hydrogen-bond donors (Lipinski definition) is 1. The molecule has 1 aliphatic carbocycles. The van der Waals surface area contributed by atoms with E-state index >= 15 is 0 Å². The number of halogens is 2. The zero-order valence-corrected chi connectivity index (χ0v) is 13.0. The minimum atomic E-state index is 0.419. The van der Waals surface area contributed by atoms with E-state index in [1.165, 1.54) is 12.8 Å². The zero-order chi connectivity index (χ0) is 14.1. The molecule has 4 nitrogen and oxygen atoms in total. The van der Waals surface area contributed by atoms with Gasteiger partial charge in [-0.2, -0.15) is 0 Å². The largest absolute Gasteiger partial charge is 0.324 e. The minimum Gasteiger partial charge on any atom is -0.324 e. The molecule has 0 spiro atoms. The molecule has 1 aromatic heterocycles. The second kappa shape index (κ2) is 5.93. The summed E-state index contributed by atoms with van der Waals surface area (Å²) in [6.07, 6.45) is 2.35. The average Bonchev–Trinajstić information content (AvgIpc) is 3.20. The molecule has 3 rings (SSSR count). The maximum atomic E-state index is 6.17. The molecule has 20 heavy (non-hydrogen) atoms. The number of thioether (sulfide) groups is 1. The molecule has 106 valence electrons. The predicted octanol–water partition coefficient (Wildman–Crippen LogP) is 3.67. The topological polar surface area (TPSA) is 56.7 Å². The first-order chi connectivity index (χ1) is 9.69. The molecule has 1 saturated carbocycles. The van der Waals surface area contributed by atoms with E-state index in [1.54, 1.807) is 17.8 Å². The van der Waals surface area contributed by atoms with Crippen LogP contribution >= 0.6 is 35.0 Å². The molecule has 1 fully saturated rings. The molecule has 2 N–H and O–H groups in total. The summed E-state index contributed by atoms with van der Waals surface area (Å²) in [6, 6.07) is 6.01. The number of rotatable bonds is 5. The van der Waals surface area contributed by atoms with E-state index in [0.717, 1.165) is 27.3 Å². The molecular weight excluding hydrogens is 315 g/mol. The van der Waals surface area contributed by atoms with Crippen molar-refractivity contribution in [3.05, 3.63) is 39.6 Å². The molecule has 0 radical (unpaired) electrons. The predicted molar refractivity (Wildman–Crippen MR) is 82.2 cm³/mol. The number of hydrogen-bond acceptors (Lipinski definition) is 4. The maximum Gasteiger partial charge on any atom is 0.191 e. The van der Waals surface area contributed by atoms with Crippen molar-refractivity contribution in [3.8, 4) is 0 Å². The van der Waals surface area contributed by atoms with Crippen molar-refractivity contribution in [3.63, 3.8) is 0 Å². The highest BCUT2D eigenvalue weighted by Crippen LogP contribution is 2.39. The van der Waals surface area contributed by atoms with Crippen LogP contribution in [0.4, 0.5) is 0 Å². The van der Waals surface area contributed by atoms with Crippen LogP contribution in [0.2, 0.25) is 10.0 Å². The number of nitrogens with zero attached hydrogens (tertiary/aromatic N) is 3. The standard InChI is InChI=1S/C13H14Cl2N4S/c14-9-1-4-11(15)8(5-9)7-20-13-18-17-12(6-16)19(13)10-2-3-10/h1,4-5,10H,2-3,6-7,16H2. The molecule has 0 unspecified atom stereocenters.